The second kappa shape index (κ2) is 4.53. The molecule has 0 N–H and O–H groups in total. The Balaban J connectivity index is 2.08. The molecule has 0 radical (unpaired) electrons. The standard InChI is InChI=1S/C14H16BrClN2/c1-2-14(5-6-14)9-18-12-4-3-10(15)7-11(12)17-13(18)8-16/h3-4,7H,2,5-6,8-9H2,1H3. The molecule has 0 atom stereocenters. The van der Waals surface area contributed by atoms with Gasteiger partial charge in [-0.15, -0.1) is 11.6 Å². The van der Waals surface area contributed by atoms with E-state index < -0.39 is 0 Å². The third-order valence-corrected chi connectivity index (χ3v) is 4.84. The van der Waals surface area contributed by atoms with Crippen LogP contribution in [0.2, 0.25) is 0 Å². The monoisotopic (exact) mass is 326 g/mol. The molecule has 1 heterocycles. The Morgan fingerprint density at radius 2 is 2.22 bits per heavy atom. The van der Waals surface area contributed by atoms with Gasteiger partial charge >= 0.3 is 0 Å². The zero-order valence-corrected chi connectivity index (χ0v) is 12.8. The Kier molecular flexibility index (Phi) is 3.15. The molecule has 0 aliphatic heterocycles. The average Bonchev–Trinajstić information content (AvgIpc) is 3.07. The third kappa shape index (κ3) is 2.08. The number of imidazole rings is 1. The lowest BCUT2D eigenvalue weighted by atomic mass is 10.0. The lowest BCUT2D eigenvalue weighted by molar-refractivity contribution is 0.410. The van der Waals surface area contributed by atoms with Crippen LogP contribution in [0.3, 0.4) is 0 Å². The molecule has 0 bridgehead atoms. The quantitative estimate of drug-likeness (QED) is 0.742. The molecule has 0 amide bonds. The van der Waals surface area contributed by atoms with Crippen molar-refractivity contribution in [1.29, 1.82) is 0 Å². The molecule has 4 heteroatoms. The Bertz CT molecular complexity index is 587. The molecule has 1 aliphatic carbocycles. The maximum absolute atomic E-state index is 6.04. The van der Waals surface area contributed by atoms with E-state index in [1.807, 2.05) is 0 Å². The predicted octanol–water partition coefficient (Wildman–Crippen LogP) is 4.73. The van der Waals surface area contributed by atoms with Gasteiger partial charge in [-0.25, -0.2) is 4.98 Å². The summed E-state index contributed by atoms with van der Waals surface area (Å²) in [5.41, 5.74) is 2.74. The number of alkyl halides is 1. The molecular formula is C14H16BrClN2. The van der Waals surface area contributed by atoms with E-state index in [0.717, 1.165) is 22.4 Å². The highest BCUT2D eigenvalue weighted by Gasteiger charge is 2.41. The van der Waals surface area contributed by atoms with Crippen LogP contribution in [0.4, 0.5) is 0 Å². The van der Waals surface area contributed by atoms with Gasteiger partial charge in [-0.05, 0) is 42.9 Å². The van der Waals surface area contributed by atoms with Gasteiger partial charge in [-0.3, -0.25) is 0 Å². The molecule has 96 valence electrons. The van der Waals surface area contributed by atoms with Crippen LogP contribution in [0.5, 0.6) is 0 Å². The Labute approximate surface area is 120 Å². The van der Waals surface area contributed by atoms with E-state index in [4.69, 9.17) is 11.6 Å². The molecule has 1 aliphatic rings. The summed E-state index contributed by atoms with van der Waals surface area (Å²) < 4.78 is 3.38. The van der Waals surface area contributed by atoms with Crippen molar-refractivity contribution in [3.05, 3.63) is 28.5 Å². The van der Waals surface area contributed by atoms with Crippen molar-refractivity contribution in [3.63, 3.8) is 0 Å². The van der Waals surface area contributed by atoms with Crippen molar-refractivity contribution >= 4 is 38.6 Å². The average molecular weight is 328 g/mol. The summed E-state index contributed by atoms with van der Waals surface area (Å²) in [6.07, 6.45) is 3.91. The maximum atomic E-state index is 6.04. The molecule has 1 aromatic carbocycles. The fraction of sp³-hybridized carbons (Fsp3) is 0.500. The third-order valence-electron chi connectivity index (χ3n) is 4.11. The van der Waals surface area contributed by atoms with Crippen LogP contribution in [0.25, 0.3) is 11.0 Å². The van der Waals surface area contributed by atoms with Crippen LogP contribution in [0.1, 0.15) is 32.0 Å². The molecule has 0 spiro atoms. The molecule has 3 rings (SSSR count). The van der Waals surface area contributed by atoms with Crippen LogP contribution in [-0.4, -0.2) is 9.55 Å². The molecule has 1 fully saturated rings. The van der Waals surface area contributed by atoms with Crippen molar-refractivity contribution < 1.29 is 0 Å². The zero-order valence-electron chi connectivity index (χ0n) is 10.4. The minimum atomic E-state index is 0.478. The fourth-order valence-electron chi connectivity index (χ4n) is 2.57. The van der Waals surface area contributed by atoms with Gasteiger partial charge in [0.25, 0.3) is 0 Å². The first-order chi connectivity index (χ1) is 8.67. The van der Waals surface area contributed by atoms with Crippen molar-refractivity contribution in [2.75, 3.05) is 0 Å². The lowest BCUT2D eigenvalue weighted by Gasteiger charge is -2.15. The fourth-order valence-corrected chi connectivity index (χ4v) is 3.12. The summed E-state index contributed by atoms with van der Waals surface area (Å²) in [7, 11) is 0. The summed E-state index contributed by atoms with van der Waals surface area (Å²) in [5.74, 6) is 1.47. The summed E-state index contributed by atoms with van der Waals surface area (Å²) in [6.45, 7) is 3.34. The SMILES string of the molecule is CCC1(Cn2c(CCl)nc3cc(Br)ccc32)CC1. The number of halogens is 2. The van der Waals surface area contributed by atoms with Gasteiger partial charge < -0.3 is 4.57 Å². The van der Waals surface area contributed by atoms with Gasteiger partial charge in [-0.1, -0.05) is 22.9 Å². The first-order valence-corrected chi connectivity index (χ1v) is 7.71. The molecule has 0 unspecified atom stereocenters. The summed E-state index contributed by atoms with van der Waals surface area (Å²) in [5, 5.41) is 0. The van der Waals surface area contributed by atoms with Crippen LogP contribution < -0.4 is 0 Å². The normalized spacial score (nSPS) is 17.3. The van der Waals surface area contributed by atoms with Gasteiger partial charge in [0.2, 0.25) is 0 Å². The van der Waals surface area contributed by atoms with E-state index in [2.05, 4.69) is 50.6 Å². The van der Waals surface area contributed by atoms with E-state index in [-0.39, 0.29) is 0 Å². The summed E-state index contributed by atoms with van der Waals surface area (Å²) >= 11 is 9.53. The topological polar surface area (TPSA) is 17.8 Å². The van der Waals surface area contributed by atoms with Crippen molar-refractivity contribution in [3.8, 4) is 0 Å². The molecule has 18 heavy (non-hydrogen) atoms. The molecule has 2 aromatic rings. The van der Waals surface area contributed by atoms with E-state index >= 15 is 0 Å². The number of hydrogen-bond donors (Lipinski definition) is 0. The minimum Gasteiger partial charge on any atom is -0.326 e. The number of rotatable bonds is 4. The van der Waals surface area contributed by atoms with Crippen LogP contribution in [0.15, 0.2) is 22.7 Å². The number of aromatic nitrogens is 2. The first kappa shape index (κ1) is 12.5. The number of benzene rings is 1. The molecule has 0 saturated heterocycles. The van der Waals surface area contributed by atoms with Gasteiger partial charge in [0.15, 0.2) is 0 Å². The largest absolute Gasteiger partial charge is 0.326 e. The van der Waals surface area contributed by atoms with E-state index in [0.29, 0.717) is 11.3 Å². The van der Waals surface area contributed by atoms with Gasteiger partial charge in [0.05, 0.1) is 16.9 Å². The summed E-state index contributed by atoms with van der Waals surface area (Å²) in [4.78, 5) is 4.64. The highest BCUT2D eigenvalue weighted by Crippen LogP contribution is 2.50. The Morgan fingerprint density at radius 1 is 1.44 bits per heavy atom. The van der Waals surface area contributed by atoms with Crippen molar-refractivity contribution in [1.82, 2.24) is 9.55 Å². The highest BCUT2D eigenvalue weighted by molar-refractivity contribution is 9.10. The number of fused-ring (bicyclic) bond motifs is 1. The first-order valence-electron chi connectivity index (χ1n) is 6.38. The van der Waals surface area contributed by atoms with Crippen LogP contribution >= 0.6 is 27.5 Å². The van der Waals surface area contributed by atoms with Crippen LogP contribution in [0, 0.1) is 5.41 Å². The van der Waals surface area contributed by atoms with E-state index in [1.165, 1.54) is 24.8 Å². The number of hydrogen-bond acceptors (Lipinski definition) is 1. The maximum Gasteiger partial charge on any atom is 0.124 e. The smallest absolute Gasteiger partial charge is 0.124 e. The van der Waals surface area contributed by atoms with Gasteiger partial charge in [-0.2, -0.15) is 0 Å². The molecular weight excluding hydrogens is 312 g/mol. The van der Waals surface area contributed by atoms with Gasteiger partial charge in [0, 0.05) is 11.0 Å². The second-order valence-electron chi connectivity index (χ2n) is 5.23. The molecule has 1 aromatic heterocycles. The Hall–Kier alpha value is -0.540. The van der Waals surface area contributed by atoms with Crippen molar-refractivity contribution in [2.24, 2.45) is 5.41 Å². The molecule has 2 nitrogen and oxygen atoms in total. The van der Waals surface area contributed by atoms with E-state index in [9.17, 15) is 0 Å². The highest BCUT2D eigenvalue weighted by atomic mass is 79.9. The Morgan fingerprint density at radius 3 is 2.83 bits per heavy atom. The second-order valence-corrected chi connectivity index (χ2v) is 6.42. The molecule has 1 saturated carbocycles. The predicted molar refractivity (Wildman–Crippen MR) is 78.9 cm³/mol. The van der Waals surface area contributed by atoms with Crippen molar-refractivity contribution in [2.45, 2.75) is 38.6 Å². The minimum absolute atomic E-state index is 0.478. The number of nitrogens with zero attached hydrogens (tertiary/aromatic N) is 2. The summed E-state index contributed by atoms with van der Waals surface area (Å²) in [6, 6.07) is 6.27. The van der Waals surface area contributed by atoms with Crippen LogP contribution in [-0.2, 0) is 12.4 Å². The van der Waals surface area contributed by atoms with E-state index in [1.54, 1.807) is 0 Å². The zero-order chi connectivity index (χ0) is 12.8. The lowest BCUT2D eigenvalue weighted by Crippen LogP contribution is -2.12. The van der Waals surface area contributed by atoms with Gasteiger partial charge in [0.1, 0.15) is 5.82 Å².